The van der Waals surface area contributed by atoms with Crippen molar-refractivity contribution in [3.63, 3.8) is 0 Å². The number of hydrogen-bond donors (Lipinski definition) is 3. The number of aryl methyl sites for hydroxylation is 1. The van der Waals surface area contributed by atoms with Crippen molar-refractivity contribution < 1.29 is 22.7 Å². The van der Waals surface area contributed by atoms with Crippen LogP contribution in [0, 0.1) is 0 Å². The van der Waals surface area contributed by atoms with Crippen LogP contribution in [0.4, 0.5) is 11.4 Å². The Hall–Kier alpha value is -2.79. The Balaban J connectivity index is 1.71. The molecule has 0 saturated heterocycles. The molecule has 1 aromatic carbocycles. The number of amides is 1. The minimum absolute atomic E-state index is 0.0303. The monoisotopic (exact) mass is 367 g/mol. The zero-order chi connectivity index (χ0) is 18.2. The van der Waals surface area contributed by atoms with Crippen molar-refractivity contribution >= 4 is 27.3 Å². The van der Waals surface area contributed by atoms with Gasteiger partial charge in [0.15, 0.2) is 11.5 Å². The summed E-state index contributed by atoms with van der Waals surface area (Å²) in [6.07, 6.45) is 2.53. The van der Waals surface area contributed by atoms with E-state index in [2.05, 4.69) is 15.1 Å². The molecule has 0 fully saturated rings. The number of nitrogens with two attached hydrogens (primary N) is 1. The maximum Gasteiger partial charge on any atom is 0.244 e. The summed E-state index contributed by atoms with van der Waals surface area (Å²) in [5, 5.41) is 6.37. The molecule has 1 aromatic heterocycles. The summed E-state index contributed by atoms with van der Waals surface area (Å²) in [6.45, 7) is 1.50. The van der Waals surface area contributed by atoms with Crippen LogP contribution in [0.3, 0.4) is 0 Å². The van der Waals surface area contributed by atoms with Crippen molar-refractivity contribution in [2.75, 3.05) is 17.8 Å². The third-order valence-corrected chi connectivity index (χ3v) is 5.01. The van der Waals surface area contributed by atoms with E-state index in [1.165, 1.54) is 36.1 Å². The number of carbonyl (C=O) groups excluding carboxylic acids is 1. The molecule has 4 N–H and O–H groups in total. The van der Waals surface area contributed by atoms with E-state index in [0.29, 0.717) is 17.2 Å². The number of hydrogen-bond acceptors (Lipinski definition) is 7. The summed E-state index contributed by atoms with van der Waals surface area (Å²) in [5.41, 5.74) is 6.45. The highest BCUT2D eigenvalue weighted by molar-refractivity contribution is 7.89. The number of nitrogens with one attached hydrogen (secondary N) is 2. The predicted octanol–water partition coefficient (Wildman–Crippen LogP) is 0.0365. The van der Waals surface area contributed by atoms with Crippen LogP contribution >= 0.6 is 0 Å². The first-order chi connectivity index (χ1) is 11.8. The molecule has 25 heavy (non-hydrogen) atoms. The van der Waals surface area contributed by atoms with Gasteiger partial charge in [-0.15, -0.1) is 0 Å². The molecule has 1 unspecified atom stereocenters. The van der Waals surface area contributed by atoms with Crippen molar-refractivity contribution in [2.45, 2.75) is 17.9 Å². The minimum Gasteiger partial charge on any atom is -0.454 e. The van der Waals surface area contributed by atoms with Gasteiger partial charge < -0.3 is 20.5 Å². The summed E-state index contributed by atoms with van der Waals surface area (Å²) in [6, 6.07) is 2.02. The minimum atomic E-state index is -3.87. The van der Waals surface area contributed by atoms with Crippen molar-refractivity contribution in [3.05, 3.63) is 24.5 Å². The zero-order valence-corrected chi connectivity index (χ0v) is 14.3. The van der Waals surface area contributed by atoms with Crippen molar-refractivity contribution in [1.29, 1.82) is 0 Å². The van der Waals surface area contributed by atoms with E-state index in [1.54, 1.807) is 7.05 Å². The van der Waals surface area contributed by atoms with E-state index in [1.807, 2.05) is 0 Å². The van der Waals surface area contributed by atoms with Crippen LogP contribution in [-0.2, 0) is 21.9 Å². The maximum absolute atomic E-state index is 12.3. The van der Waals surface area contributed by atoms with Gasteiger partial charge in [0.05, 0.1) is 23.6 Å². The summed E-state index contributed by atoms with van der Waals surface area (Å²) in [4.78, 5) is 12.3. The number of ether oxygens (including phenoxy) is 2. The third kappa shape index (κ3) is 3.51. The maximum atomic E-state index is 12.3. The van der Waals surface area contributed by atoms with Crippen LogP contribution < -0.4 is 25.2 Å². The molecule has 1 aliphatic heterocycles. The van der Waals surface area contributed by atoms with Crippen LogP contribution in [0.25, 0.3) is 0 Å². The second kappa shape index (κ2) is 6.26. The van der Waals surface area contributed by atoms with Gasteiger partial charge in [0, 0.05) is 25.4 Å². The molecule has 134 valence electrons. The number of sulfonamides is 1. The molecule has 1 aliphatic rings. The average molecular weight is 367 g/mol. The van der Waals surface area contributed by atoms with Crippen molar-refractivity contribution in [2.24, 2.45) is 7.05 Å². The molecule has 2 aromatic rings. The highest BCUT2D eigenvalue weighted by Gasteiger charge is 2.24. The Bertz CT molecular complexity index is 924. The molecule has 0 saturated carbocycles. The van der Waals surface area contributed by atoms with Crippen molar-refractivity contribution in [1.82, 2.24) is 14.5 Å². The lowest BCUT2D eigenvalue weighted by Crippen LogP contribution is -2.41. The van der Waals surface area contributed by atoms with E-state index < -0.39 is 22.0 Å². The molecule has 11 heteroatoms. The molecule has 10 nitrogen and oxygen atoms in total. The van der Waals surface area contributed by atoms with E-state index in [-0.39, 0.29) is 17.4 Å². The van der Waals surface area contributed by atoms with E-state index >= 15 is 0 Å². The quantitative estimate of drug-likeness (QED) is 0.634. The normalized spacial score (nSPS) is 14.3. The Labute approximate surface area is 144 Å². The highest BCUT2D eigenvalue weighted by atomic mass is 32.2. The molecule has 0 bridgehead atoms. The van der Waals surface area contributed by atoms with E-state index in [0.717, 1.165) is 0 Å². The fourth-order valence-electron chi connectivity index (χ4n) is 2.20. The number of anilines is 2. The largest absolute Gasteiger partial charge is 0.454 e. The van der Waals surface area contributed by atoms with Gasteiger partial charge in [0.2, 0.25) is 22.7 Å². The van der Waals surface area contributed by atoms with E-state index in [4.69, 9.17) is 15.2 Å². The smallest absolute Gasteiger partial charge is 0.244 e. The van der Waals surface area contributed by atoms with Gasteiger partial charge in [-0.05, 0) is 6.92 Å². The van der Waals surface area contributed by atoms with E-state index in [9.17, 15) is 13.2 Å². The summed E-state index contributed by atoms with van der Waals surface area (Å²) in [5.74, 6) is 0.368. The van der Waals surface area contributed by atoms with Gasteiger partial charge in [0.25, 0.3) is 0 Å². The van der Waals surface area contributed by atoms with Crippen LogP contribution in [0.15, 0.2) is 29.4 Å². The number of nitrogens with zero attached hydrogens (tertiary/aromatic N) is 2. The Kier molecular flexibility index (Phi) is 4.27. The molecule has 1 atom stereocenters. The molecular formula is C14H17N5O5S. The van der Waals surface area contributed by atoms with Crippen LogP contribution in [0.2, 0.25) is 0 Å². The fourth-order valence-corrected chi connectivity index (χ4v) is 3.38. The molecule has 0 spiro atoms. The Morgan fingerprint density at radius 3 is 2.68 bits per heavy atom. The topological polar surface area (TPSA) is 138 Å². The summed E-state index contributed by atoms with van der Waals surface area (Å²) in [7, 11) is -2.27. The van der Waals surface area contributed by atoms with Gasteiger partial charge in [0.1, 0.15) is 4.90 Å². The van der Waals surface area contributed by atoms with Gasteiger partial charge in [-0.25, -0.2) is 8.42 Å². The fraction of sp³-hybridized carbons (Fsp3) is 0.286. The molecule has 3 rings (SSSR count). The highest BCUT2D eigenvalue weighted by Crippen LogP contribution is 2.38. The number of carbonyl (C=O) groups is 1. The standard InChI is InChI=1S/C14H17N5O5S/c1-8(18-25(21,22)9-5-16-19(2)6-9)14(20)17-11-4-13-12(3-10(11)15)23-7-24-13/h3-6,8,18H,7,15H2,1-2H3,(H,17,20). The first-order valence-corrected chi connectivity index (χ1v) is 8.75. The van der Waals surface area contributed by atoms with Crippen LogP contribution in [-0.4, -0.2) is 36.9 Å². The molecule has 0 aliphatic carbocycles. The lowest BCUT2D eigenvalue weighted by Gasteiger charge is -2.15. The second-order valence-corrected chi connectivity index (χ2v) is 7.19. The molecular weight excluding hydrogens is 350 g/mol. The van der Waals surface area contributed by atoms with Crippen molar-refractivity contribution in [3.8, 4) is 11.5 Å². The molecule has 0 radical (unpaired) electrons. The summed E-state index contributed by atoms with van der Waals surface area (Å²) >= 11 is 0. The molecule has 1 amide bonds. The second-order valence-electron chi connectivity index (χ2n) is 5.47. The van der Waals surface area contributed by atoms with Gasteiger partial charge >= 0.3 is 0 Å². The van der Waals surface area contributed by atoms with Gasteiger partial charge in [-0.2, -0.15) is 9.82 Å². The lowest BCUT2D eigenvalue weighted by molar-refractivity contribution is -0.117. The Morgan fingerprint density at radius 1 is 1.36 bits per heavy atom. The zero-order valence-electron chi connectivity index (χ0n) is 13.5. The van der Waals surface area contributed by atoms with Crippen LogP contribution in [0.5, 0.6) is 11.5 Å². The van der Waals surface area contributed by atoms with Gasteiger partial charge in [-0.3, -0.25) is 9.48 Å². The summed E-state index contributed by atoms with van der Waals surface area (Å²) < 4.78 is 38.5. The first kappa shape index (κ1) is 17.0. The number of aromatic nitrogens is 2. The SMILES string of the molecule is CC(NS(=O)(=O)c1cnn(C)c1)C(=O)Nc1cc2c(cc1N)OCO2. The number of nitrogen functional groups attached to an aromatic ring is 1. The van der Waals surface area contributed by atoms with Crippen LogP contribution in [0.1, 0.15) is 6.92 Å². The molecule has 2 heterocycles. The first-order valence-electron chi connectivity index (χ1n) is 7.27. The number of fused-ring (bicyclic) bond motifs is 1. The number of benzene rings is 1. The Morgan fingerprint density at radius 2 is 2.04 bits per heavy atom. The number of rotatable bonds is 5. The predicted molar refractivity (Wildman–Crippen MR) is 88.6 cm³/mol. The lowest BCUT2D eigenvalue weighted by atomic mass is 10.2. The third-order valence-electron chi connectivity index (χ3n) is 3.52. The van der Waals surface area contributed by atoms with Gasteiger partial charge in [-0.1, -0.05) is 0 Å². The average Bonchev–Trinajstić information content (AvgIpc) is 3.16.